The molecule has 4 aliphatic rings. The smallest absolute Gasteiger partial charge is 0.155 e. The van der Waals surface area contributed by atoms with Crippen molar-refractivity contribution in [1.29, 1.82) is 0 Å². The zero-order valence-corrected chi connectivity index (χ0v) is 15.8. The Hall–Kier alpha value is -0.630. The van der Waals surface area contributed by atoms with Gasteiger partial charge < -0.3 is 4.74 Å². The van der Waals surface area contributed by atoms with Gasteiger partial charge in [0.1, 0.15) is 0 Å². The number of carbonyl (C=O) groups is 1. The van der Waals surface area contributed by atoms with E-state index < -0.39 is 0 Å². The quantitative estimate of drug-likeness (QED) is 0.700. The summed E-state index contributed by atoms with van der Waals surface area (Å²) in [6, 6.07) is 0. The van der Waals surface area contributed by atoms with Crippen molar-refractivity contribution < 1.29 is 9.53 Å². The van der Waals surface area contributed by atoms with Crippen molar-refractivity contribution in [1.82, 2.24) is 0 Å². The molecule has 0 amide bonds. The summed E-state index contributed by atoms with van der Waals surface area (Å²) in [4.78, 5) is 11.9. The molecule has 3 saturated carbocycles. The van der Waals surface area contributed by atoms with Gasteiger partial charge in [-0.3, -0.25) is 4.79 Å². The van der Waals surface area contributed by atoms with E-state index >= 15 is 0 Å². The van der Waals surface area contributed by atoms with Crippen LogP contribution >= 0.6 is 0 Å². The fraction of sp³-hybridized carbons (Fsp3) is 0.864. The third kappa shape index (κ3) is 2.35. The largest absolute Gasteiger partial charge is 0.378 e. The van der Waals surface area contributed by atoms with Gasteiger partial charge in [-0.15, -0.1) is 0 Å². The molecule has 0 aromatic heterocycles. The standard InChI is InChI=1S/C22H34O2/c1-4-13-24-20-8-7-18-17-6-5-15-14-16(23)9-11-21(15,2)19(17)10-12-22(18,20)3/h14,17-20H,4-13H2,1-3H3/t17-,18-,19-,20?,21-,22-/m0/s1. The molecule has 4 rings (SSSR count). The molecular formula is C22H34O2. The number of allylic oxidation sites excluding steroid dienone is 1. The van der Waals surface area contributed by atoms with Crippen LogP contribution in [0.2, 0.25) is 0 Å². The van der Waals surface area contributed by atoms with E-state index in [1.165, 1.54) is 37.7 Å². The molecule has 6 atom stereocenters. The maximum absolute atomic E-state index is 11.9. The van der Waals surface area contributed by atoms with Crippen molar-refractivity contribution >= 4 is 5.78 Å². The zero-order valence-electron chi connectivity index (χ0n) is 15.8. The fourth-order valence-electron chi connectivity index (χ4n) is 7.05. The minimum absolute atomic E-state index is 0.306. The molecule has 0 N–H and O–H groups in total. The van der Waals surface area contributed by atoms with Gasteiger partial charge in [0.2, 0.25) is 0 Å². The van der Waals surface area contributed by atoms with Gasteiger partial charge in [-0.2, -0.15) is 0 Å². The van der Waals surface area contributed by atoms with Gasteiger partial charge in [0.25, 0.3) is 0 Å². The lowest BCUT2D eigenvalue weighted by atomic mass is 9.47. The molecule has 4 aliphatic carbocycles. The van der Waals surface area contributed by atoms with Crippen LogP contribution in [-0.2, 0) is 9.53 Å². The lowest BCUT2D eigenvalue weighted by Crippen LogP contribution is -2.51. The lowest BCUT2D eigenvalue weighted by molar-refractivity contribution is -0.118. The second-order valence-corrected chi connectivity index (χ2v) is 9.45. The normalized spacial score (nSPS) is 47.6. The minimum atomic E-state index is 0.306. The highest BCUT2D eigenvalue weighted by Gasteiger charge is 2.59. The first-order chi connectivity index (χ1) is 11.5. The van der Waals surface area contributed by atoms with Crippen molar-refractivity contribution in [2.45, 2.75) is 84.7 Å². The molecule has 0 bridgehead atoms. The third-order valence-electron chi connectivity index (χ3n) is 8.40. The first kappa shape index (κ1) is 16.8. The van der Waals surface area contributed by atoms with Crippen LogP contribution in [0, 0.1) is 28.6 Å². The van der Waals surface area contributed by atoms with Gasteiger partial charge >= 0.3 is 0 Å². The SMILES string of the molecule is CCCOC1CC[C@H]2[C@@H]3CCC4=CC(=O)CC[C@]4(C)[C@H]3CC[C@]12C. The first-order valence-electron chi connectivity index (χ1n) is 10.3. The average Bonchev–Trinajstić information content (AvgIpc) is 2.90. The molecule has 134 valence electrons. The van der Waals surface area contributed by atoms with Crippen LogP contribution in [0.1, 0.15) is 78.6 Å². The van der Waals surface area contributed by atoms with Crippen molar-refractivity contribution in [3.63, 3.8) is 0 Å². The van der Waals surface area contributed by atoms with Gasteiger partial charge in [0.05, 0.1) is 6.10 Å². The zero-order chi connectivity index (χ0) is 16.9. The Bertz CT molecular complexity index is 550. The Morgan fingerprint density at radius 2 is 1.92 bits per heavy atom. The van der Waals surface area contributed by atoms with E-state index in [-0.39, 0.29) is 0 Å². The van der Waals surface area contributed by atoms with Crippen molar-refractivity contribution in [2.24, 2.45) is 28.6 Å². The second kappa shape index (κ2) is 5.97. The van der Waals surface area contributed by atoms with Crippen molar-refractivity contribution in [3.8, 4) is 0 Å². The summed E-state index contributed by atoms with van der Waals surface area (Å²) >= 11 is 0. The number of fused-ring (bicyclic) bond motifs is 5. The van der Waals surface area contributed by atoms with Gasteiger partial charge in [0, 0.05) is 13.0 Å². The number of rotatable bonds is 3. The van der Waals surface area contributed by atoms with Crippen molar-refractivity contribution in [2.75, 3.05) is 6.61 Å². The molecular weight excluding hydrogens is 296 g/mol. The summed E-state index contributed by atoms with van der Waals surface area (Å²) in [5.41, 5.74) is 2.19. The maximum Gasteiger partial charge on any atom is 0.155 e. The predicted octanol–water partition coefficient (Wildman–Crippen LogP) is 5.31. The summed E-state index contributed by atoms with van der Waals surface area (Å²) < 4.78 is 6.29. The number of hydrogen-bond donors (Lipinski definition) is 0. The molecule has 0 heterocycles. The van der Waals surface area contributed by atoms with Gasteiger partial charge in [-0.05, 0) is 86.0 Å². The summed E-state index contributed by atoms with van der Waals surface area (Å²) in [7, 11) is 0. The van der Waals surface area contributed by atoms with Gasteiger partial charge in [-0.1, -0.05) is 26.3 Å². The summed E-state index contributed by atoms with van der Waals surface area (Å²) in [6.45, 7) is 8.14. The first-order valence-corrected chi connectivity index (χ1v) is 10.3. The van der Waals surface area contributed by atoms with Crippen LogP contribution < -0.4 is 0 Å². The predicted molar refractivity (Wildman–Crippen MR) is 96.7 cm³/mol. The number of ketones is 1. The molecule has 0 aromatic rings. The number of ether oxygens (including phenoxy) is 1. The Morgan fingerprint density at radius 3 is 2.71 bits per heavy atom. The molecule has 3 fully saturated rings. The van der Waals surface area contributed by atoms with Crippen molar-refractivity contribution in [3.05, 3.63) is 11.6 Å². The Labute approximate surface area is 147 Å². The Balaban J connectivity index is 1.59. The summed E-state index contributed by atoms with van der Waals surface area (Å²) in [5, 5.41) is 0. The molecule has 0 spiro atoms. The van der Waals surface area contributed by atoms with E-state index in [0.29, 0.717) is 22.7 Å². The third-order valence-corrected chi connectivity index (χ3v) is 8.40. The summed E-state index contributed by atoms with van der Waals surface area (Å²) in [6.07, 6.45) is 13.3. The molecule has 24 heavy (non-hydrogen) atoms. The highest BCUT2D eigenvalue weighted by molar-refractivity contribution is 5.91. The highest BCUT2D eigenvalue weighted by Crippen LogP contribution is 2.65. The molecule has 0 saturated heterocycles. The monoisotopic (exact) mass is 330 g/mol. The topological polar surface area (TPSA) is 26.3 Å². The highest BCUT2D eigenvalue weighted by atomic mass is 16.5. The Kier molecular flexibility index (Phi) is 4.18. The summed E-state index contributed by atoms with van der Waals surface area (Å²) in [5.74, 6) is 2.87. The average molecular weight is 331 g/mol. The van der Waals surface area contributed by atoms with Gasteiger partial charge in [0.15, 0.2) is 5.78 Å². The molecule has 0 radical (unpaired) electrons. The second-order valence-electron chi connectivity index (χ2n) is 9.45. The number of hydrogen-bond acceptors (Lipinski definition) is 2. The van der Waals surface area contributed by atoms with Crippen LogP contribution in [0.3, 0.4) is 0 Å². The fourth-order valence-corrected chi connectivity index (χ4v) is 7.05. The van der Waals surface area contributed by atoms with E-state index in [9.17, 15) is 4.79 Å². The van der Waals surface area contributed by atoms with Crippen LogP contribution in [0.15, 0.2) is 11.6 Å². The van der Waals surface area contributed by atoms with E-state index in [2.05, 4.69) is 20.8 Å². The van der Waals surface area contributed by atoms with Crippen LogP contribution in [-0.4, -0.2) is 18.5 Å². The lowest BCUT2D eigenvalue weighted by Gasteiger charge is -2.58. The minimum Gasteiger partial charge on any atom is -0.378 e. The molecule has 2 heteroatoms. The van der Waals surface area contributed by atoms with E-state index in [4.69, 9.17) is 4.74 Å². The van der Waals surface area contributed by atoms with Gasteiger partial charge in [-0.25, -0.2) is 0 Å². The molecule has 0 aromatic carbocycles. The van der Waals surface area contributed by atoms with Crippen LogP contribution in [0.4, 0.5) is 0 Å². The Morgan fingerprint density at radius 1 is 1.08 bits per heavy atom. The van der Waals surface area contributed by atoms with Crippen LogP contribution in [0.5, 0.6) is 0 Å². The molecule has 0 aliphatic heterocycles. The van der Waals surface area contributed by atoms with E-state index in [0.717, 1.165) is 50.0 Å². The van der Waals surface area contributed by atoms with E-state index in [1.54, 1.807) is 0 Å². The molecule has 1 unspecified atom stereocenters. The number of carbonyl (C=O) groups excluding carboxylic acids is 1. The van der Waals surface area contributed by atoms with E-state index in [1.807, 2.05) is 6.08 Å². The maximum atomic E-state index is 11.9. The van der Waals surface area contributed by atoms with Crippen LogP contribution in [0.25, 0.3) is 0 Å². The molecule has 2 nitrogen and oxygen atoms in total.